The van der Waals surface area contributed by atoms with Crippen molar-refractivity contribution in [2.24, 2.45) is 0 Å². The van der Waals surface area contributed by atoms with Crippen LogP contribution in [0.5, 0.6) is 11.5 Å². The molecule has 2 aromatic carbocycles. The molecule has 0 unspecified atom stereocenters. The van der Waals surface area contributed by atoms with Crippen molar-refractivity contribution in [2.75, 3.05) is 20.3 Å². The van der Waals surface area contributed by atoms with Gasteiger partial charge in [0.05, 0.1) is 19.9 Å². The van der Waals surface area contributed by atoms with E-state index in [4.69, 9.17) is 13.9 Å². The minimum absolute atomic E-state index is 0.0630. The van der Waals surface area contributed by atoms with Crippen molar-refractivity contribution < 1.29 is 23.5 Å². The van der Waals surface area contributed by atoms with E-state index in [0.29, 0.717) is 17.1 Å². The molecule has 2 amide bonds. The molecule has 2 N–H and O–H groups in total. The van der Waals surface area contributed by atoms with Gasteiger partial charge in [-0.1, -0.05) is 19.1 Å². The standard InChI is InChI=1S/C25H26N2O5/c1-3-18-6-10-21(11-7-18)32-16-14-26-25(29)23(17-22-5-4-15-31-22)27-24(28)19-8-12-20(30-2)13-9-19/h4-13,15,17H,3,14,16H2,1-2H3,(H,26,29)(H,27,28)/b23-17-. The number of nitrogens with one attached hydrogen (secondary N) is 2. The van der Waals surface area contributed by atoms with Crippen LogP contribution in [0.25, 0.3) is 6.08 Å². The molecular weight excluding hydrogens is 408 g/mol. The first-order valence-corrected chi connectivity index (χ1v) is 10.3. The molecule has 166 valence electrons. The summed E-state index contributed by atoms with van der Waals surface area (Å²) in [4.78, 5) is 25.3. The Morgan fingerprint density at radius 1 is 1.00 bits per heavy atom. The average Bonchev–Trinajstić information content (AvgIpc) is 3.35. The largest absolute Gasteiger partial charge is 0.497 e. The number of furan rings is 1. The zero-order chi connectivity index (χ0) is 22.8. The van der Waals surface area contributed by atoms with Crippen molar-refractivity contribution in [2.45, 2.75) is 13.3 Å². The number of carbonyl (C=O) groups excluding carboxylic acids is 2. The van der Waals surface area contributed by atoms with Crippen molar-refractivity contribution >= 4 is 17.9 Å². The van der Waals surface area contributed by atoms with Gasteiger partial charge < -0.3 is 24.5 Å². The molecule has 0 aliphatic carbocycles. The van der Waals surface area contributed by atoms with Gasteiger partial charge in [-0.25, -0.2) is 0 Å². The number of rotatable bonds is 10. The van der Waals surface area contributed by atoms with Gasteiger partial charge in [0.25, 0.3) is 11.8 Å². The molecule has 0 radical (unpaired) electrons. The van der Waals surface area contributed by atoms with Crippen LogP contribution in [0.4, 0.5) is 0 Å². The highest BCUT2D eigenvalue weighted by atomic mass is 16.5. The van der Waals surface area contributed by atoms with E-state index in [9.17, 15) is 9.59 Å². The topological polar surface area (TPSA) is 89.8 Å². The Morgan fingerprint density at radius 2 is 1.72 bits per heavy atom. The fourth-order valence-corrected chi connectivity index (χ4v) is 2.86. The first kappa shape index (κ1) is 22.7. The first-order valence-electron chi connectivity index (χ1n) is 10.3. The second-order valence-electron chi connectivity index (χ2n) is 6.86. The van der Waals surface area contributed by atoms with E-state index in [2.05, 4.69) is 17.6 Å². The zero-order valence-corrected chi connectivity index (χ0v) is 18.1. The maximum Gasteiger partial charge on any atom is 0.268 e. The maximum atomic E-state index is 12.7. The van der Waals surface area contributed by atoms with Crippen LogP contribution < -0.4 is 20.1 Å². The summed E-state index contributed by atoms with van der Waals surface area (Å²) in [6, 6.07) is 17.8. The van der Waals surface area contributed by atoms with E-state index in [0.717, 1.165) is 12.2 Å². The van der Waals surface area contributed by atoms with Gasteiger partial charge in [0.15, 0.2) is 0 Å². The van der Waals surface area contributed by atoms with Crippen LogP contribution in [-0.2, 0) is 11.2 Å². The van der Waals surface area contributed by atoms with Crippen molar-refractivity contribution in [1.29, 1.82) is 0 Å². The van der Waals surface area contributed by atoms with E-state index in [1.165, 1.54) is 17.9 Å². The van der Waals surface area contributed by atoms with Crippen LogP contribution in [0, 0.1) is 0 Å². The van der Waals surface area contributed by atoms with Gasteiger partial charge in [0.1, 0.15) is 29.6 Å². The second kappa shape index (κ2) is 11.4. The van der Waals surface area contributed by atoms with Gasteiger partial charge >= 0.3 is 0 Å². The third kappa shape index (κ3) is 6.50. The summed E-state index contributed by atoms with van der Waals surface area (Å²) in [6.07, 6.45) is 3.93. The minimum atomic E-state index is -0.451. The zero-order valence-electron chi connectivity index (χ0n) is 18.1. The lowest BCUT2D eigenvalue weighted by Gasteiger charge is -2.12. The number of hydrogen-bond acceptors (Lipinski definition) is 5. The third-order valence-electron chi connectivity index (χ3n) is 4.66. The Kier molecular flexibility index (Phi) is 8.09. The molecule has 0 spiro atoms. The highest BCUT2D eigenvalue weighted by Crippen LogP contribution is 2.13. The summed E-state index contributed by atoms with van der Waals surface area (Å²) in [5.74, 6) is 0.934. The number of hydrogen-bond donors (Lipinski definition) is 2. The van der Waals surface area contributed by atoms with Gasteiger partial charge in [-0.2, -0.15) is 0 Å². The fraction of sp³-hybridized carbons (Fsp3) is 0.200. The Hall–Kier alpha value is -4.00. The Morgan fingerprint density at radius 3 is 2.34 bits per heavy atom. The molecule has 0 fully saturated rings. The molecule has 7 nitrogen and oxygen atoms in total. The predicted molar refractivity (Wildman–Crippen MR) is 121 cm³/mol. The lowest BCUT2D eigenvalue weighted by atomic mass is 10.2. The van der Waals surface area contributed by atoms with E-state index in [1.807, 2.05) is 24.3 Å². The van der Waals surface area contributed by atoms with Crippen LogP contribution in [0.2, 0.25) is 0 Å². The summed E-state index contributed by atoms with van der Waals surface area (Å²) in [7, 11) is 1.55. The first-order chi connectivity index (χ1) is 15.6. The van der Waals surface area contributed by atoms with Crippen LogP contribution in [-0.4, -0.2) is 32.1 Å². The van der Waals surface area contributed by atoms with Crippen molar-refractivity contribution in [1.82, 2.24) is 10.6 Å². The quantitative estimate of drug-likeness (QED) is 0.374. The molecule has 3 aromatic rings. The molecule has 1 heterocycles. The fourth-order valence-electron chi connectivity index (χ4n) is 2.86. The molecule has 32 heavy (non-hydrogen) atoms. The molecule has 1 aromatic heterocycles. The molecular formula is C25H26N2O5. The summed E-state index contributed by atoms with van der Waals surface area (Å²) >= 11 is 0. The van der Waals surface area contributed by atoms with Gasteiger partial charge in [-0.15, -0.1) is 0 Å². The predicted octanol–water partition coefficient (Wildman–Crippen LogP) is 3.82. The summed E-state index contributed by atoms with van der Waals surface area (Å²) in [6.45, 7) is 2.65. The summed E-state index contributed by atoms with van der Waals surface area (Å²) in [5, 5.41) is 5.40. The monoisotopic (exact) mass is 434 g/mol. The number of ether oxygens (including phenoxy) is 2. The molecule has 0 saturated carbocycles. The van der Waals surface area contributed by atoms with Crippen LogP contribution in [0.3, 0.4) is 0 Å². The average molecular weight is 434 g/mol. The molecule has 0 saturated heterocycles. The van der Waals surface area contributed by atoms with E-state index >= 15 is 0 Å². The Bertz CT molecular complexity index is 1040. The Balaban J connectivity index is 1.60. The number of aryl methyl sites for hydroxylation is 1. The number of methoxy groups -OCH3 is 1. The highest BCUT2D eigenvalue weighted by Gasteiger charge is 2.15. The molecule has 3 rings (SSSR count). The number of benzene rings is 2. The minimum Gasteiger partial charge on any atom is -0.497 e. The lowest BCUT2D eigenvalue weighted by molar-refractivity contribution is -0.117. The maximum absolute atomic E-state index is 12.7. The SMILES string of the molecule is CCc1ccc(OCCNC(=O)/C(=C/c2ccco2)NC(=O)c2ccc(OC)cc2)cc1. The van der Waals surface area contributed by atoms with Crippen LogP contribution in [0.15, 0.2) is 77.0 Å². The van der Waals surface area contributed by atoms with E-state index in [1.54, 1.807) is 43.5 Å². The lowest BCUT2D eigenvalue weighted by Crippen LogP contribution is -2.36. The molecule has 0 atom stereocenters. The van der Waals surface area contributed by atoms with Crippen molar-refractivity contribution in [3.8, 4) is 11.5 Å². The van der Waals surface area contributed by atoms with Gasteiger partial charge in [0, 0.05) is 11.6 Å². The van der Waals surface area contributed by atoms with Crippen molar-refractivity contribution in [3.63, 3.8) is 0 Å². The summed E-state index contributed by atoms with van der Waals surface area (Å²) in [5.41, 5.74) is 1.68. The smallest absolute Gasteiger partial charge is 0.268 e. The normalized spacial score (nSPS) is 11.0. The molecule has 0 aliphatic rings. The van der Waals surface area contributed by atoms with E-state index in [-0.39, 0.29) is 18.8 Å². The van der Waals surface area contributed by atoms with Crippen molar-refractivity contribution in [3.05, 3.63) is 89.5 Å². The summed E-state index contributed by atoms with van der Waals surface area (Å²) < 4.78 is 16.1. The molecule has 0 bridgehead atoms. The van der Waals surface area contributed by atoms with Gasteiger partial charge in [-0.05, 0) is 60.5 Å². The highest BCUT2D eigenvalue weighted by molar-refractivity contribution is 6.05. The van der Waals surface area contributed by atoms with Gasteiger partial charge in [0.2, 0.25) is 0 Å². The third-order valence-corrected chi connectivity index (χ3v) is 4.66. The number of amides is 2. The molecule has 0 aliphatic heterocycles. The molecule has 7 heteroatoms. The van der Waals surface area contributed by atoms with Gasteiger partial charge in [-0.3, -0.25) is 9.59 Å². The second-order valence-corrected chi connectivity index (χ2v) is 6.86. The van der Waals surface area contributed by atoms with E-state index < -0.39 is 11.8 Å². The van der Waals surface area contributed by atoms with Crippen LogP contribution in [0.1, 0.15) is 28.6 Å². The van der Waals surface area contributed by atoms with Crippen LogP contribution >= 0.6 is 0 Å². The number of carbonyl (C=O) groups is 2. The Labute approximate surface area is 187 Å².